The van der Waals surface area contributed by atoms with Crippen LogP contribution in [0, 0.1) is 5.92 Å². The van der Waals surface area contributed by atoms with E-state index in [2.05, 4.69) is 27.0 Å². The molecule has 2 atom stereocenters. The van der Waals surface area contributed by atoms with Crippen LogP contribution in [0.25, 0.3) is 16.9 Å². The van der Waals surface area contributed by atoms with Gasteiger partial charge in [-0.25, -0.2) is 14.3 Å². The predicted molar refractivity (Wildman–Crippen MR) is 104 cm³/mol. The van der Waals surface area contributed by atoms with Crippen LogP contribution in [0.5, 0.6) is 0 Å². The Balaban J connectivity index is 1.76. The molecule has 1 fully saturated rings. The number of imidazole rings is 1. The largest absolute Gasteiger partial charge is 0.379 e. The zero-order valence-electron chi connectivity index (χ0n) is 15.0. The highest BCUT2D eigenvalue weighted by atomic mass is 79.9. The molecule has 0 saturated carbocycles. The van der Waals surface area contributed by atoms with Crippen molar-refractivity contribution in [3.63, 3.8) is 0 Å². The van der Waals surface area contributed by atoms with Crippen LogP contribution in [0.2, 0.25) is 0 Å². The molecule has 0 unspecified atom stereocenters. The van der Waals surface area contributed by atoms with Crippen molar-refractivity contribution in [1.82, 2.24) is 14.1 Å². The molecule has 0 amide bonds. The number of pyridine rings is 1. The Morgan fingerprint density at radius 3 is 3.04 bits per heavy atom. The Morgan fingerprint density at radius 2 is 2.27 bits per heavy atom. The van der Waals surface area contributed by atoms with E-state index in [9.17, 15) is 4.79 Å². The number of allylic oxidation sites excluding steroid dienone is 2. The predicted octanol–water partition coefficient (Wildman–Crippen LogP) is 3.43. The molecule has 0 bridgehead atoms. The summed E-state index contributed by atoms with van der Waals surface area (Å²) in [7, 11) is 1.71. The van der Waals surface area contributed by atoms with Crippen molar-refractivity contribution in [3.8, 4) is 0 Å². The molecule has 0 aromatic carbocycles. The summed E-state index contributed by atoms with van der Waals surface area (Å²) < 4.78 is 15.7. The van der Waals surface area contributed by atoms with Crippen molar-refractivity contribution >= 4 is 32.8 Å². The van der Waals surface area contributed by atoms with Gasteiger partial charge in [0.1, 0.15) is 0 Å². The van der Waals surface area contributed by atoms with E-state index < -0.39 is 0 Å². The highest BCUT2D eigenvalue weighted by Crippen LogP contribution is 2.26. The monoisotopic (exact) mass is 421 g/mol. The molecule has 0 N–H and O–H groups in total. The van der Waals surface area contributed by atoms with Gasteiger partial charge in [0.15, 0.2) is 5.65 Å². The topological polar surface area (TPSA) is 58.3 Å². The lowest BCUT2D eigenvalue weighted by Crippen LogP contribution is -2.35. The van der Waals surface area contributed by atoms with E-state index in [0.717, 1.165) is 47.0 Å². The third kappa shape index (κ3) is 3.40. The first-order valence-electron chi connectivity index (χ1n) is 9.24. The summed E-state index contributed by atoms with van der Waals surface area (Å²) in [6, 6.07) is 1.99. The number of nitrogens with zero attached hydrogens (tertiary/aromatic N) is 3. The van der Waals surface area contributed by atoms with E-state index in [1.807, 2.05) is 10.6 Å². The summed E-state index contributed by atoms with van der Waals surface area (Å²) in [4.78, 5) is 17.8. The van der Waals surface area contributed by atoms with Gasteiger partial charge in [0.05, 0.1) is 24.8 Å². The molecule has 2 aromatic rings. The van der Waals surface area contributed by atoms with E-state index in [1.54, 1.807) is 17.9 Å². The third-order valence-corrected chi connectivity index (χ3v) is 5.75. The Bertz CT molecular complexity index is 886. The lowest BCUT2D eigenvalue weighted by molar-refractivity contribution is -0.0586. The smallest absolute Gasteiger partial charge is 0.334 e. The highest BCUT2D eigenvalue weighted by Gasteiger charge is 2.26. The molecule has 1 saturated heterocycles. The Labute approximate surface area is 160 Å². The van der Waals surface area contributed by atoms with Crippen LogP contribution in [0.15, 0.2) is 27.6 Å². The summed E-state index contributed by atoms with van der Waals surface area (Å²) in [5.74, 6) is 0.254. The van der Waals surface area contributed by atoms with Crippen LogP contribution in [0.3, 0.4) is 0 Å². The number of hydrogen-bond acceptors (Lipinski definition) is 4. The molecular weight excluding hydrogens is 398 g/mol. The number of ether oxygens (including phenoxy) is 2. The fourth-order valence-electron chi connectivity index (χ4n) is 3.99. The fraction of sp³-hybridized carbons (Fsp3) is 0.579. The van der Waals surface area contributed by atoms with Gasteiger partial charge in [-0.2, -0.15) is 0 Å². The van der Waals surface area contributed by atoms with Gasteiger partial charge in [-0.15, -0.1) is 0 Å². The molecule has 2 aromatic heterocycles. The van der Waals surface area contributed by atoms with Crippen molar-refractivity contribution in [2.24, 2.45) is 5.92 Å². The molecule has 140 valence electrons. The second-order valence-electron chi connectivity index (χ2n) is 7.16. The molecule has 4 rings (SSSR count). The average Bonchev–Trinajstić information content (AvgIpc) is 2.94. The molecule has 1 aliphatic heterocycles. The van der Waals surface area contributed by atoms with Crippen LogP contribution in [0.1, 0.15) is 32.1 Å². The lowest BCUT2D eigenvalue weighted by atomic mass is 10.00. The van der Waals surface area contributed by atoms with Crippen LogP contribution in [-0.4, -0.2) is 40.5 Å². The van der Waals surface area contributed by atoms with Crippen molar-refractivity contribution in [2.75, 3.05) is 20.3 Å². The van der Waals surface area contributed by atoms with Gasteiger partial charge in [-0.05, 0) is 54.1 Å². The molecule has 2 aliphatic rings. The van der Waals surface area contributed by atoms with Gasteiger partial charge in [-0.3, -0.25) is 4.57 Å². The van der Waals surface area contributed by atoms with Crippen molar-refractivity contribution in [2.45, 2.75) is 44.8 Å². The van der Waals surface area contributed by atoms with Crippen molar-refractivity contribution in [1.29, 1.82) is 0 Å². The normalized spacial score (nSPS) is 24.0. The summed E-state index contributed by atoms with van der Waals surface area (Å²) >= 11 is 3.50. The van der Waals surface area contributed by atoms with Gasteiger partial charge in [0.2, 0.25) is 0 Å². The standard InChI is InChI=1S/C19H24BrN3O3/c1-25-16-7-13(11-26-12-16)10-22-17-8-14(20)9-21-18(17)23(19(22)24)15-5-3-2-4-6-15/h5,8-9,13,16H,2-4,6-7,10-12H2,1H3/t13-,16-/m1/s1. The van der Waals surface area contributed by atoms with E-state index in [-0.39, 0.29) is 17.7 Å². The molecule has 6 nitrogen and oxygen atoms in total. The number of halogens is 1. The lowest BCUT2D eigenvalue weighted by Gasteiger charge is -2.28. The van der Waals surface area contributed by atoms with E-state index in [4.69, 9.17) is 9.47 Å². The molecule has 7 heteroatoms. The van der Waals surface area contributed by atoms with Crippen molar-refractivity contribution in [3.05, 3.63) is 33.3 Å². The summed E-state index contributed by atoms with van der Waals surface area (Å²) in [6.07, 6.45) is 9.20. The fourth-order valence-corrected chi connectivity index (χ4v) is 4.31. The maximum absolute atomic E-state index is 13.3. The summed E-state index contributed by atoms with van der Waals surface area (Å²) in [6.45, 7) is 1.90. The first-order chi connectivity index (χ1) is 12.7. The van der Waals surface area contributed by atoms with Crippen molar-refractivity contribution < 1.29 is 9.47 Å². The van der Waals surface area contributed by atoms with Gasteiger partial charge >= 0.3 is 5.69 Å². The van der Waals surface area contributed by atoms with Crippen LogP contribution >= 0.6 is 15.9 Å². The summed E-state index contributed by atoms with van der Waals surface area (Å²) in [5, 5.41) is 0. The zero-order valence-corrected chi connectivity index (χ0v) is 16.6. The Kier molecular flexibility index (Phi) is 5.29. The van der Waals surface area contributed by atoms with Crippen LogP contribution in [0.4, 0.5) is 0 Å². The SMILES string of the molecule is CO[C@H]1COC[C@@H](Cn2c(=O)n(C3=CCCCC3)c3ncc(Br)cc32)C1. The number of methoxy groups -OCH3 is 1. The molecular formula is C19H24BrN3O3. The van der Waals surface area contributed by atoms with E-state index in [1.165, 1.54) is 6.42 Å². The van der Waals surface area contributed by atoms with E-state index in [0.29, 0.717) is 19.8 Å². The maximum Gasteiger partial charge on any atom is 0.334 e. The quantitative estimate of drug-likeness (QED) is 0.758. The number of aromatic nitrogens is 3. The minimum Gasteiger partial charge on any atom is -0.379 e. The zero-order chi connectivity index (χ0) is 18.1. The molecule has 0 radical (unpaired) electrons. The number of hydrogen-bond donors (Lipinski definition) is 0. The van der Waals surface area contributed by atoms with Crippen LogP contribution < -0.4 is 5.69 Å². The number of rotatable bonds is 4. The minimum atomic E-state index is -0.00158. The Hall–Kier alpha value is -1.44. The summed E-state index contributed by atoms with van der Waals surface area (Å²) in [5.41, 5.74) is 2.69. The second-order valence-corrected chi connectivity index (χ2v) is 8.08. The molecule has 0 spiro atoms. The molecule has 1 aliphatic carbocycles. The first kappa shape index (κ1) is 17.9. The van der Waals surface area contributed by atoms with Gasteiger partial charge in [-0.1, -0.05) is 6.08 Å². The van der Waals surface area contributed by atoms with Crippen LogP contribution in [-0.2, 0) is 16.0 Å². The molecule has 3 heterocycles. The van der Waals surface area contributed by atoms with Gasteiger partial charge in [0.25, 0.3) is 0 Å². The first-order valence-corrected chi connectivity index (χ1v) is 10.0. The average molecular weight is 422 g/mol. The Morgan fingerprint density at radius 1 is 1.38 bits per heavy atom. The highest BCUT2D eigenvalue weighted by molar-refractivity contribution is 9.10. The minimum absolute atomic E-state index is 0.00158. The molecule has 26 heavy (non-hydrogen) atoms. The van der Waals surface area contributed by atoms with Gasteiger partial charge in [0, 0.05) is 35.9 Å². The maximum atomic E-state index is 13.3. The second kappa shape index (κ2) is 7.66. The third-order valence-electron chi connectivity index (χ3n) is 5.32. The number of fused-ring (bicyclic) bond motifs is 1. The van der Waals surface area contributed by atoms with Gasteiger partial charge < -0.3 is 9.47 Å². The van der Waals surface area contributed by atoms with E-state index >= 15 is 0 Å².